The highest BCUT2D eigenvalue weighted by atomic mass is 16.5. The maximum Gasteiger partial charge on any atom is 0.241 e. The fourth-order valence-electron chi connectivity index (χ4n) is 5.25. The summed E-state index contributed by atoms with van der Waals surface area (Å²) < 4.78 is 7.29. The van der Waals surface area contributed by atoms with Crippen molar-refractivity contribution in [2.24, 2.45) is 0 Å². The number of aliphatic hydroxyl groups excluding tert-OH is 1. The first kappa shape index (κ1) is 24.0. The van der Waals surface area contributed by atoms with Crippen LogP contribution in [0.1, 0.15) is 44.2 Å². The van der Waals surface area contributed by atoms with Crippen LogP contribution in [0, 0.1) is 0 Å². The molecule has 188 valence electrons. The summed E-state index contributed by atoms with van der Waals surface area (Å²) >= 11 is 0. The largest absolute Gasteiger partial charge is 0.393 e. The van der Waals surface area contributed by atoms with E-state index in [0.29, 0.717) is 18.5 Å². The van der Waals surface area contributed by atoms with Crippen molar-refractivity contribution >= 4 is 17.3 Å². The zero-order valence-corrected chi connectivity index (χ0v) is 21.0. The average Bonchev–Trinajstić information content (AvgIpc) is 3.24. The number of pyridine rings is 1. The van der Waals surface area contributed by atoms with Gasteiger partial charge in [0.2, 0.25) is 5.95 Å². The van der Waals surface area contributed by atoms with Crippen molar-refractivity contribution in [3.8, 4) is 11.1 Å². The molecule has 1 aliphatic heterocycles. The zero-order chi connectivity index (χ0) is 24.4. The molecule has 9 nitrogen and oxygen atoms in total. The van der Waals surface area contributed by atoms with Crippen molar-refractivity contribution < 1.29 is 9.84 Å². The van der Waals surface area contributed by atoms with Gasteiger partial charge in [0, 0.05) is 68.3 Å². The number of methoxy groups -OCH3 is 1. The molecule has 0 bridgehead atoms. The molecule has 1 saturated carbocycles. The Hall–Kier alpha value is -2.75. The lowest BCUT2D eigenvalue weighted by Crippen LogP contribution is -2.44. The van der Waals surface area contributed by atoms with Crippen LogP contribution < -0.4 is 10.2 Å². The molecular formula is C26H37N7O2. The monoisotopic (exact) mass is 479 g/mol. The second kappa shape index (κ2) is 10.5. The number of hydrogen-bond donors (Lipinski definition) is 2. The molecule has 3 aromatic rings. The van der Waals surface area contributed by atoms with Crippen molar-refractivity contribution in [3.05, 3.63) is 36.3 Å². The fraction of sp³-hybridized carbons (Fsp3) is 0.577. The molecule has 1 saturated heterocycles. The van der Waals surface area contributed by atoms with Crippen LogP contribution in [0.15, 0.2) is 30.6 Å². The average molecular weight is 480 g/mol. The van der Waals surface area contributed by atoms with Gasteiger partial charge >= 0.3 is 0 Å². The van der Waals surface area contributed by atoms with Crippen molar-refractivity contribution in [2.75, 3.05) is 57.2 Å². The molecular weight excluding hydrogens is 442 g/mol. The van der Waals surface area contributed by atoms with Crippen molar-refractivity contribution in [3.63, 3.8) is 0 Å². The first-order chi connectivity index (χ1) is 17.0. The summed E-state index contributed by atoms with van der Waals surface area (Å²) in [5.41, 5.74) is 4.32. The molecule has 9 heteroatoms. The summed E-state index contributed by atoms with van der Waals surface area (Å²) in [5.74, 6) is 1.97. The first-order valence-corrected chi connectivity index (χ1v) is 12.7. The van der Waals surface area contributed by atoms with E-state index in [1.807, 2.05) is 16.9 Å². The van der Waals surface area contributed by atoms with E-state index in [1.54, 1.807) is 7.11 Å². The molecule has 0 amide bonds. The lowest BCUT2D eigenvalue weighted by molar-refractivity contribution is 0.121. The van der Waals surface area contributed by atoms with E-state index in [1.165, 1.54) is 5.69 Å². The topological polar surface area (TPSA) is 91.0 Å². The van der Waals surface area contributed by atoms with Gasteiger partial charge in [-0.15, -0.1) is 5.10 Å². The number of piperazine rings is 1. The van der Waals surface area contributed by atoms with Crippen molar-refractivity contribution in [2.45, 2.75) is 50.7 Å². The maximum atomic E-state index is 10.0. The van der Waals surface area contributed by atoms with E-state index in [4.69, 9.17) is 14.8 Å². The summed E-state index contributed by atoms with van der Waals surface area (Å²) in [4.78, 5) is 14.1. The van der Waals surface area contributed by atoms with Gasteiger partial charge in [-0.25, -0.2) is 14.5 Å². The van der Waals surface area contributed by atoms with Crippen molar-refractivity contribution in [1.29, 1.82) is 0 Å². The van der Waals surface area contributed by atoms with Crippen LogP contribution in [-0.4, -0.2) is 88.7 Å². The molecule has 1 aliphatic carbocycles. The Morgan fingerprint density at radius 2 is 1.86 bits per heavy atom. The number of aromatic nitrogens is 4. The first-order valence-electron chi connectivity index (χ1n) is 12.7. The van der Waals surface area contributed by atoms with Crippen LogP contribution in [0.4, 0.5) is 11.8 Å². The Bertz CT molecular complexity index is 1120. The molecule has 0 radical (unpaired) electrons. The quantitative estimate of drug-likeness (QED) is 0.535. The second-order valence-electron chi connectivity index (χ2n) is 10.1. The molecule has 5 rings (SSSR count). The molecule has 3 aromatic heterocycles. The Kier molecular flexibility index (Phi) is 7.17. The van der Waals surface area contributed by atoms with Gasteiger partial charge in [-0.1, -0.05) is 0 Å². The number of hydrogen-bond acceptors (Lipinski definition) is 8. The summed E-state index contributed by atoms with van der Waals surface area (Å²) in [6.45, 7) is 6.75. The lowest BCUT2D eigenvalue weighted by atomic mass is 9.85. The van der Waals surface area contributed by atoms with Crippen LogP contribution in [0.5, 0.6) is 0 Å². The number of nitrogens with zero attached hydrogens (tertiary/aromatic N) is 6. The van der Waals surface area contributed by atoms with Crippen LogP contribution in [0.2, 0.25) is 0 Å². The Labute approximate surface area is 207 Å². The smallest absolute Gasteiger partial charge is 0.241 e. The van der Waals surface area contributed by atoms with Gasteiger partial charge in [0.15, 0.2) is 0 Å². The Morgan fingerprint density at radius 1 is 1.09 bits per heavy atom. The number of anilines is 2. The predicted molar refractivity (Wildman–Crippen MR) is 138 cm³/mol. The maximum absolute atomic E-state index is 10.0. The van der Waals surface area contributed by atoms with Gasteiger partial charge in [-0.05, 0) is 57.9 Å². The van der Waals surface area contributed by atoms with E-state index in [2.05, 4.69) is 52.3 Å². The third-order valence-electron chi connectivity index (χ3n) is 7.34. The van der Waals surface area contributed by atoms with Gasteiger partial charge in [-0.3, -0.25) is 0 Å². The molecule has 0 spiro atoms. The standard InChI is InChI=1S/C26H37N7O2/c1-18(17-35-3)29-26-28-16-24-22(14-23(33(24)30-26)19-4-7-21(34)8-5-19)20-6-9-25(27-15-20)32-12-10-31(2)11-13-32/h6,9,14-16,18-19,21,34H,4-5,7-8,10-13,17H2,1-3H3,(H,29,30)/t18-,19-,21-/m0/s1. The predicted octanol–water partition coefficient (Wildman–Crippen LogP) is 3.01. The van der Waals surface area contributed by atoms with Gasteiger partial charge in [-0.2, -0.15) is 0 Å². The number of ether oxygens (including phenoxy) is 1. The normalized spacial score (nSPS) is 22.5. The number of rotatable bonds is 7. The zero-order valence-electron chi connectivity index (χ0n) is 21.0. The molecule has 0 aromatic carbocycles. The summed E-state index contributed by atoms with van der Waals surface area (Å²) in [5, 5.41) is 18.3. The highest BCUT2D eigenvalue weighted by Gasteiger charge is 2.26. The SMILES string of the molecule is COC[C@H](C)Nc1ncc2c(-c3ccc(N4CCN(C)CC4)nc3)cc([C@H]3CC[C@H](O)CC3)n2n1. The molecule has 2 aliphatic rings. The van der Waals surface area contributed by atoms with E-state index < -0.39 is 0 Å². The van der Waals surface area contributed by atoms with Crippen LogP contribution in [0.25, 0.3) is 16.6 Å². The highest BCUT2D eigenvalue weighted by molar-refractivity contribution is 5.81. The summed E-state index contributed by atoms with van der Waals surface area (Å²) in [6.07, 6.45) is 7.26. The Balaban J connectivity index is 1.47. The number of fused-ring (bicyclic) bond motifs is 1. The summed E-state index contributed by atoms with van der Waals surface area (Å²) in [6, 6.07) is 6.65. The van der Waals surface area contributed by atoms with E-state index in [9.17, 15) is 5.11 Å². The molecule has 4 heterocycles. The summed E-state index contributed by atoms with van der Waals surface area (Å²) in [7, 11) is 3.86. The van der Waals surface area contributed by atoms with Crippen LogP contribution in [0.3, 0.4) is 0 Å². The van der Waals surface area contributed by atoms with Gasteiger partial charge in [0.05, 0.1) is 24.4 Å². The van der Waals surface area contributed by atoms with Gasteiger partial charge in [0.1, 0.15) is 5.82 Å². The van der Waals surface area contributed by atoms with Crippen LogP contribution >= 0.6 is 0 Å². The molecule has 1 atom stereocenters. The van der Waals surface area contributed by atoms with E-state index in [0.717, 1.165) is 74.3 Å². The minimum absolute atomic E-state index is 0.104. The lowest BCUT2D eigenvalue weighted by Gasteiger charge is -2.33. The minimum Gasteiger partial charge on any atom is -0.393 e. The Morgan fingerprint density at radius 3 is 2.54 bits per heavy atom. The van der Waals surface area contributed by atoms with E-state index >= 15 is 0 Å². The molecule has 2 fully saturated rings. The van der Waals surface area contributed by atoms with Crippen LogP contribution in [-0.2, 0) is 4.74 Å². The third-order valence-corrected chi connectivity index (χ3v) is 7.34. The minimum atomic E-state index is -0.190. The second-order valence-corrected chi connectivity index (χ2v) is 10.1. The highest BCUT2D eigenvalue weighted by Crippen LogP contribution is 2.37. The van der Waals surface area contributed by atoms with Gasteiger partial charge < -0.3 is 25.0 Å². The number of likely N-dealkylation sites (N-methyl/N-ethyl adjacent to an activating group) is 1. The molecule has 2 N–H and O–H groups in total. The van der Waals surface area contributed by atoms with E-state index in [-0.39, 0.29) is 12.1 Å². The van der Waals surface area contributed by atoms with Crippen molar-refractivity contribution in [1.82, 2.24) is 24.5 Å². The fourth-order valence-corrected chi connectivity index (χ4v) is 5.25. The number of nitrogens with one attached hydrogen (secondary N) is 1. The number of aliphatic hydroxyl groups is 1. The third kappa shape index (κ3) is 5.27. The molecule has 0 unspecified atom stereocenters. The molecule has 35 heavy (non-hydrogen) atoms. The van der Waals surface area contributed by atoms with Gasteiger partial charge in [0.25, 0.3) is 0 Å².